The normalized spacial score (nSPS) is 10.7. The minimum Gasteiger partial charge on any atom is -0.490 e. The highest BCUT2D eigenvalue weighted by Gasteiger charge is 2.14. The van der Waals surface area contributed by atoms with Gasteiger partial charge < -0.3 is 4.74 Å². The molecule has 0 unspecified atom stereocenters. The second kappa shape index (κ2) is 6.88. The van der Waals surface area contributed by atoms with Crippen LogP contribution < -0.4 is 15.7 Å². The van der Waals surface area contributed by atoms with E-state index in [1.807, 2.05) is 0 Å². The van der Waals surface area contributed by atoms with Gasteiger partial charge >= 0.3 is 5.69 Å². The predicted molar refractivity (Wildman–Crippen MR) is 85.4 cm³/mol. The first kappa shape index (κ1) is 16.4. The molecule has 2 aromatic rings. The highest BCUT2D eigenvalue weighted by Crippen LogP contribution is 2.26. The number of methoxy groups -OCH3 is 1. The molecule has 0 radical (unpaired) electrons. The van der Waals surface area contributed by atoms with Gasteiger partial charge in [-0.1, -0.05) is 11.6 Å². The molecule has 0 aliphatic heterocycles. The average molecular weight is 338 g/mol. The van der Waals surface area contributed by atoms with E-state index >= 15 is 0 Å². The predicted octanol–water partition coefficient (Wildman–Crippen LogP) is 1.80. The van der Waals surface area contributed by atoms with Crippen molar-refractivity contribution in [2.75, 3.05) is 12.5 Å². The summed E-state index contributed by atoms with van der Waals surface area (Å²) in [6.07, 6.45) is 2.69. The Kier molecular flexibility index (Phi) is 4.91. The topological polar surface area (TPSA) is 112 Å². The number of nitro benzene ring substituents is 1. The number of nitrogens with zero attached hydrogens (tertiary/aromatic N) is 4. The van der Waals surface area contributed by atoms with Crippen molar-refractivity contribution in [1.29, 1.82) is 0 Å². The molecule has 2 rings (SSSR count). The molecule has 1 aromatic heterocycles. The van der Waals surface area contributed by atoms with E-state index in [1.54, 1.807) is 6.07 Å². The first-order valence-corrected chi connectivity index (χ1v) is 6.65. The number of hydrogen-bond donors (Lipinski definition) is 1. The minimum atomic E-state index is -0.550. The lowest BCUT2D eigenvalue weighted by molar-refractivity contribution is -0.385. The molecule has 23 heavy (non-hydrogen) atoms. The van der Waals surface area contributed by atoms with Gasteiger partial charge in [-0.25, -0.2) is 4.68 Å². The Morgan fingerprint density at radius 3 is 2.91 bits per heavy atom. The van der Waals surface area contributed by atoms with Crippen LogP contribution in [0.1, 0.15) is 5.56 Å². The van der Waals surface area contributed by atoms with Crippen LogP contribution in [0.25, 0.3) is 0 Å². The molecule has 120 valence electrons. The van der Waals surface area contributed by atoms with Gasteiger partial charge in [0, 0.05) is 18.7 Å². The van der Waals surface area contributed by atoms with E-state index < -0.39 is 10.5 Å². The molecule has 0 saturated heterocycles. The molecule has 1 N–H and O–H groups in total. The van der Waals surface area contributed by atoms with E-state index in [4.69, 9.17) is 16.3 Å². The van der Waals surface area contributed by atoms with E-state index in [0.29, 0.717) is 5.56 Å². The minimum absolute atomic E-state index is 0.0552. The zero-order valence-electron chi connectivity index (χ0n) is 12.2. The number of halogens is 1. The van der Waals surface area contributed by atoms with Crippen molar-refractivity contribution in [3.8, 4) is 5.75 Å². The number of aryl methyl sites for hydroxylation is 1. The first-order valence-electron chi connectivity index (χ1n) is 6.27. The van der Waals surface area contributed by atoms with Crippen LogP contribution in [0.2, 0.25) is 5.02 Å². The van der Waals surface area contributed by atoms with Gasteiger partial charge in [0.1, 0.15) is 10.7 Å². The maximum absolute atomic E-state index is 11.6. The standard InChI is InChI=1S/C13H12ClN5O4/c1-18-13(20)12(14)9(7-16-18)17-15-6-8-3-4-11(23-2)10(5-8)19(21)22/h3-7,17H,1-2H3/b15-6-. The summed E-state index contributed by atoms with van der Waals surface area (Å²) in [6.45, 7) is 0. The van der Waals surface area contributed by atoms with Crippen LogP contribution in [-0.4, -0.2) is 28.0 Å². The summed E-state index contributed by atoms with van der Waals surface area (Å²) in [7, 11) is 2.82. The van der Waals surface area contributed by atoms with E-state index in [1.165, 1.54) is 38.7 Å². The molecule has 0 bridgehead atoms. The van der Waals surface area contributed by atoms with Crippen LogP contribution in [0.4, 0.5) is 11.4 Å². The van der Waals surface area contributed by atoms with Crippen molar-refractivity contribution in [2.45, 2.75) is 0 Å². The third-order valence-corrected chi connectivity index (χ3v) is 3.24. The Morgan fingerprint density at radius 2 is 2.26 bits per heavy atom. The van der Waals surface area contributed by atoms with E-state index in [2.05, 4.69) is 15.6 Å². The van der Waals surface area contributed by atoms with E-state index in [9.17, 15) is 14.9 Å². The maximum Gasteiger partial charge on any atom is 0.311 e. The molecule has 0 fully saturated rings. The molecule has 0 aliphatic carbocycles. The lowest BCUT2D eigenvalue weighted by Crippen LogP contribution is -2.20. The fourth-order valence-corrected chi connectivity index (χ4v) is 1.91. The molecule has 1 aromatic carbocycles. The number of nitrogens with one attached hydrogen (secondary N) is 1. The summed E-state index contributed by atoms with van der Waals surface area (Å²) < 4.78 is 6.00. The average Bonchev–Trinajstić information content (AvgIpc) is 2.54. The largest absolute Gasteiger partial charge is 0.490 e. The van der Waals surface area contributed by atoms with Gasteiger partial charge in [0.25, 0.3) is 5.56 Å². The highest BCUT2D eigenvalue weighted by molar-refractivity contribution is 6.32. The number of benzene rings is 1. The van der Waals surface area contributed by atoms with Crippen molar-refractivity contribution >= 4 is 29.2 Å². The van der Waals surface area contributed by atoms with Crippen LogP contribution in [0.3, 0.4) is 0 Å². The van der Waals surface area contributed by atoms with Gasteiger partial charge in [-0.05, 0) is 12.1 Å². The Balaban J connectivity index is 2.21. The molecular weight excluding hydrogens is 326 g/mol. The molecule has 0 atom stereocenters. The molecule has 10 heteroatoms. The smallest absolute Gasteiger partial charge is 0.311 e. The number of nitro groups is 1. The second-order valence-electron chi connectivity index (χ2n) is 4.36. The summed E-state index contributed by atoms with van der Waals surface area (Å²) in [5.41, 5.74) is 2.63. The van der Waals surface area contributed by atoms with Gasteiger partial charge in [0.05, 0.1) is 24.4 Å². The molecule has 0 amide bonds. The Bertz CT molecular complexity index is 834. The summed E-state index contributed by atoms with van der Waals surface area (Å²) in [6, 6.07) is 4.38. The van der Waals surface area contributed by atoms with E-state index in [-0.39, 0.29) is 22.1 Å². The fraction of sp³-hybridized carbons (Fsp3) is 0.154. The molecule has 9 nitrogen and oxygen atoms in total. The molecule has 0 aliphatic rings. The van der Waals surface area contributed by atoms with Crippen molar-refractivity contribution in [3.05, 3.63) is 55.5 Å². The Hall–Kier alpha value is -2.94. The summed E-state index contributed by atoms with van der Waals surface area (Å²) in [4.78, 5) is 22.0. The zero-order chi connectivity index (χ0) is 17.0. The maximum atomic E-state index is 11.6. The third kappa shape index (κ3) is 3.64. The van der Waals surface area contributed by atoms with Crippen LogP contribution in [0.15, 0.2) is 34.3 Å². The quantitative estimate of drug-likeness (QED) is 0.506. The Labute approximate surface area is 135 Å². The van der Waals surface area contributed by atoms with Crippen molar-refractivity contribution < 1.29 is 9.66 Å². The lowest BCUT2D eigenvalue weighted by Gasteiger charge is -2.04. The highest BCUT2D eigenvalue weighted by atomic mass is 35.5. The van der Waals surface area contributed by atoms with Gasteiger partial charge in [-0.15, -0.1) is 0 Å². The van der Waals surface area contributed by atoms with Crippen molar-refractivity contribution in [2.24, 2.45) is 12.1 Å². The molecule has 0 saturated carbocycles. The number of hydrogen-bond acceptors (Lipinski definition) is 7. The van der Waals surface area contributed by atoms with Crippen LogP contribution >= 0.6 is 11.6 Å². The molecule has 0 spiro atoms. The van der Waals surface area contributed by atoms with Gasteiger partial charge in [-0.3, -0.25) is 20.3 Å². The van der Waals surface area contributed by atoms with Crippen LogP contribution in [0, 0.1) is 10.1 Å². The number of hydrazone groups is 1. The van der Waals surface area contributed by atoms with Gasteiger partial charge in [0.15, 0.2) is 5.75 Å². The number of ether oxygens (including phenoxy) is 1. The fourth-order valence-electron chi connectivity index (χ4n) is 1.70. The van der Waals surface area contributed by atoms with Gasteiger partial charge in [-0.2, -0.15) is 10.2 Å². The summed E-state index contributed by atoms with van der Waals surface area (Å²) >= 11 is 5.87. The second-order valence-corrected chi connectivity index (χ2v) is 4.74. The number of rotatable bonds is 5. The zero-order valence-corrected chi connectivity index (χ0v) is 12.9. The van der Waals surface area contributed by atoms with Crippen molar-refractivity contribution in [3.63, 3.8) is 0 Å². The van der Waals surface area contributed by atoms with Crippen LogP contribution in [0.5, 0.6) is 5.75 Å². The third-order valence-electron chi connectivity index (χ3n) is 2.88. The Morgan fingerprint density at radius 1 is 1.52 bits per heavy atom. The van der Waals surface area contributed by atoms with Crippen LogP contribution in [-0.2, 0) is 7.05 Å². The first-order chi connectivity index (χ1) is 10.9. The monoisotopic (exact) mass is 337 g/mol. The SMILES string of the molecule is COc1ccc(/C=N\Nc2cnn(C)c(=O)c2Cl)cc1[N+](=O)[O-]. The lowest BCUT2D eigenvalue weighted by atomic mass is 10.2. The van der Waals surface area contributed by atoms with Gasteiger partial charge in [0.2, 0.25) is 0 Å². The van der Waals surface area contributed by atoms with E-state index in [0.717, 1.165) is 4.68 Å². The van der Waals surface area contributed by atoms with Crippen molar-refractivity contribution in [1.82, 2.24) is 9.78 Å². The molecular formula is C13H12ClN5O4. The molecule has 1 heterocycles. The summed E-state index contributed by atoms with van der Waals surface area (Å²) in [5.74, 6) is 0.152. The number of anilines is 1. The number of aromatic nitrogens is 2. The summed E-state index contributed by atoms with van der Waals surface area (Å²) in [5, 5.41) is 18.6.